The number of nitrogens with zero attached hydrogens (tertiary/aromatic N) is 3. The molecule has 0 radical (unpaired) electrons. The van der Waals surface area contributed by atoms with Crippen LogP contribution in [-0.2, 0) is 11.2 Å². The fourth-order valence-electron chi connectivity index (χ4n) is 3.77. The van der Waals surface area contributed by atoms with Gasteiger partial charge in [0.25, 0.3) is 11.2 Å². The zero-order valence-corrected chi connectivity index (χ0v) is 16.2. The lowest BCUT2D eigenvalue weighted by molar-refractivity contribution is -0.383. The molecule has 1 unspecified atom stereocenters. The van der Waals surface area contributed by atoms with Gasteiger partial charge >= 0.3 is 0 Å². The van der Waals surface area contributed by atoms with E-state index in [1.165, 1.54) is 24.0 Å². The molecule has 1 aromatic heterocycles. The smallest absolute Gasteiger partial charge is 0.293 e. The fraction of sp³-hybridized carbons (Fsp3) is 0.286. The van der Waals surface area contributed by atoms with Crippen LogP contribution in [0.2, 0.25) is 0 Å². The molecule has 9 heteroatoms. The zero-order valence-electron chi connectivity index (χ0n) is 16.2. The van der Waals surface area contributed by atoms with E-state index in [1.807, 2.05) is 18.2 Å². The molecule has 1 saturated heterocycles. The van der Waals surface area contributed by atoms with Crippen LogP contribution in [0.15, 0.2) is 53.6 Å². The Morgan fingerprint density at radius 2 is 2.03 bits per heavy atom. The van der Waals surface area contributed by atoms with E-state index >= 15 is 0 Å². The first-order valence-corrected chi connectivity index (χ1v) is 9.78. The molecule has 30 heavy (non-hydrogen) atoms. The van der Waals surface area contributed by atoms with Crippen LogP contribution in [0.1, 0.15) is 18.4 Å². The normalized spacial score (nSPS) is 16.2. The Hall–Kier alpha value is -3.75. The fourth-order valence-corrected chi connectivity index (χ4v) is 3.77. The van der Waals surface area contributed by atoms with Crippen LogP contribution >= 0.6 is 0 Å². The summed E-state index contributed by atoms with van der Waals surface area (Å²) in [6.07, 6.45) is 3.54. The van der Waals surface area contributed by atoms with Crippen molar-refractivity contribution in [2.24, 2.45) is 0 Å². The second-order valence-corrected chi connectivity index (χ2v) is 7.28. The number of nitrogens with one attached hydrogen (secondary N) is 2. The number of H-pyrrole nitrogens is 1. The number of nitro benzene ring substituents is 1. The highest BCUT2D eigenvalue weighted by Gasteiger charge is 2.32. The van der Waals surface area contributed by atoms with Crippen LogP contribution in [0.5, 0.6) is 0 Å². The summed E-state index contributed by atoms with van der Waals surface area (Å²) < 4.78 is 0. The molecule has 3 aromatic rings. The summed E-state index contributed by atoms with van der Waals surface area (Å²) >= 11 is 0. The van der Waals surface area contributed by atoms with Crippen molar-refractivity contribution in [3.05, 3.63) is 74.8 Å². The van der Waals surface area contributed by atoms with E-state index in [0.717, 1.165) is 12.8 Å². The number of carbonyl (C=O) groups is 1. The highest BCUT2D eigenvalue weighted by atomic mass is 16.6. The van der Waals surface area contributed by atoms with Crippen LogP contribution in [0.4, 0.5) is 11.4 Å². The molecule has 2 heterocycles. The molecule has 0 bridgehead atoms. The lowest BCUT2D eigenvalue weighted by atomic mass is 10.1. The van der Waals surface area contributed by atoms with Crippen molar-refractivity contribution in [2.45, 2.75) is 25.3 Å². The van der Waals surface area contributed by atoms with Gasteiger partial charge in [-0.1, -0.05) is 30.3 Å². The molecule has 0 saturated carbocycles. The summed E-state index contributed by atoms with van der Waals surface area (Å²) in [7, 11) is 0. The molecule has 1 aliphatic heterocycles. The predicted molar refractivity (Wildman–Crippen MR) is 112 cm³/mol. The minimum absolute atomic E-state index is 0.0728. The van der Waals surface area contributed by atoms with Crippen molar-refractivity contribution in [2.75, 3.05) is 18.4 Å². The Labute approximate surface area is 171 Å². The molecule has 154 valence electrons. The lowest BCUT2D eigenvalue weighted by Crippen LogP contribution is -2.34. The average molecular weight is 407 g/mol. The topological polar surface area (TPSA) is 121 Å². The third-order valence-electron chi connectivity index (χ3n) is 5.32. The third-order valence-corrected chi connectivity index (χ3v) is 5.32. The number of likely N-dealkylation sites (tertiary alicyclic amines) is 1. The molecule has 1 atom stereocenters. The number of fused-ring (bicyclic) bond motifs is 1. The van der Waals surface area contributed by atoms with Gasteiger partial charge in [-0.05, 0) is 30.9 Å². The van der Waals surface area contributed by atoms with Gasteiger partial charge in [0.2, 0.25) is 5.91 Å². The second kappa shape index (κ2) is 8.32. The molecule has 4 rings (SSSR count). The van der Waals surface area contributed by atoms with Gasteiger partial charge in [0.15, 0.2) is 0 Å². The van der Waals surface area contributed by atoms with Gasteiger partial charge in [-0.3, -0.25) is 19.7 Å². The lowest BCUT2D eigenvalue weighted by Gasteiger charge is -2.17. The third kappa shape index (κ3) is 4.00. The van der Waals surface area contributed by atoms with E-state index in [0.29, 0.717) is 25.0 Å². The number of rotatable bonds is 7. The number of hydrogen-bond acceptors (Lipinski definition) is 6. The van der Waals surface area contributed by atoms with Crippen LogP contribution in [0, 0.1) is 10.1 Å². The standard InChI is InChI=1S/C21H21N5O4/c27-20-15-11-19(26(29)30)18(12-17(15)22-13-23-20)24-16-8-10-25(21(16)28)9-4-7-14-5-2-1-3-6-14/h1-3,5-6,11-13,16,24H,4,7-10H2,(H,22,23,27). The van der Waals surface area contributed by atoms with Crippen molar-refractivity contribution in [1.82, 2.24) is 14.9 Å². The van der Waals surface area contributed by atoms with E-state index in [1.54, 1.807) is 4.90 Å². The number of aromatic amines is 1. The highest BCUT2D eigenvalue weighted by Crippen LogP contribution is 2.30. The highest BCUT2D eigenvalue weighted by molar-refractivity contribution is 5.91. The van der Waals surface area contributed by atoms with Crippen LogP contribution in [0.3, 0.4) is 0 Å². The summed E-state index contributed by atoms with van der Waals surface area (Å²) in [5, 5.41) is 14.6. The number of carbonyl (C=O) groups excluding carboxylic acids is 1. The number of hydrogen-bond donors (Lipinski definition) is 2. The van der Waals surface area contributed by atoms with Gasteiger partial charge < -0.3 is 15.2 Å². The van der Waals surface area contributed by atoms with E-state index in [4.69, 9.17) is 0 Å². The summed E-state index contributed by atoms with van der Waals surface area (Å²) in [6.45, 7) is 1.24. The Morgan fingerprint density at radius 1 is 1.23 bits per heavy atom. The predicted octanol–water partition coefficient (Wildman–Crippen LogP) is 2.48. The van der Waals surface area contributed by atoms with Crippen molar-refractivity contribution < 1.29 is 9.72 Å². The van der Waals surface area contributed by atoms with Crippen molar-refractivity contribution in [1.29, 1.82) is 0 Å². The quantitative estimate of drug-likeness (QED) is 0.458. The van der Waals surface area contributed by atoms with Gasteiger partial charge in [-0.25, -0.2) is 4.98 Å². The monoisotopic (exact) mass is 407 g/mol. The maximum Gasteiger partial charge on any atom is 0.293 e. The average Bonchev–Trinajstić information content (AvgIpc) is 3.08. The second-order valence-electron chi connectivity index (χ2n) is 7.28. The van der Waals surface area contributed by atoms with Crippen molar-refractivity contribution in [3.63, 3.8) is 0 Å². The number of benzene rings is 2. The molecular weight excluding hydrogens is 386 g/mol. The Morgan fingerprint density at radius 3 is 2.80 bits per heavy atom. The summed E-state index contributed by atoms with van der Waals surface area (Å²) in [5.74, 6) is -0.0728. The molecule has 0 spiro atoms. The van der Waals surface area contributed by atoms with Gasteiger partial charge in [0, 0.05) is 19.2 Å². The minimum Gasteiger partial charge on any atom is -0.368 e. The van der Waals surface area contributed by atoms with Crippen molar-refractivity contribution >= 4 is 28.2 Å². The maximum atomic E-state index is 12.8. The van der Waals surface area contributed by atoms with Crippen LogP contribution in [-0.4, -0.2) is 44.8 Å². The number of anilines is 1. The van der Waals surface area contributed by atoms with E-state index in [9.17, 15) is 19.7 Å². The van der Waals surface area contributed by atoms with Crippen LogP contribution in [0.25, 0.3) is 10.9 Å². The van der Waals surface area contributed by atoms with Gasteiger partial charge in [-0.15, -0.1) is 0 Å². The molecule has 9 nitrogen and oxygen atoms in total. The van der Waals surface area contributed by atoms with Gasteiger partial charge in [0.1, 0.15) is 11.7 Å². The summed E-state index contributed by atoms with van der Waals surface area (Å²) in [5.41, 5.74) is 1.05. The maximum absolute atomic E-state index is 12.8. The first kappa shape index (κ1) is 19.6. The molecule has 2 aromatic carbocycles. The number of aromatic nitrogens is 2. The SMILES string of the molecule is O=C1C(Nc2cc3nc[nH]c(=O)c3cc2[N+](=O)[O-])CCN1CCCc1ccccc1. The summed E-state index contributed by atoms with van der Waals surface area (Å²) in [6, 6.07) is 12.2. The van der Waals surface area contributed by atoms with E-state index in [2.05, 4.69) is 27.4 Å². The molecule has 2 N–H and O–H groups in total. The molecule has 0 aliphatic carbocycles. The number of amides is 1. The van der Waals surface area contributed by atoms with Crippen molar-refractivity contribution in [3.8, 4) is 0 Å². The number of aryl methyl sites for hydroxylation is 1. The van der Waals surface area contributed by atoms with Gasteiger partial charge in [-0.2, -0.15) is 0 Å². The number of nitro groups is 1. The van der Waals surface area contributed by atoms with E-state index in [-0.39, 0.29) is 22.7 Å². The molecule has 1 amide bonds. The Bertz CT molecular complexity index is 1150. The van der Waals surface area contributed by atoms with Crippen LogP contribution < -0.4 is 10.9 Å². The molecule has 1 aliphatic rings. The summed E-state index contributed by atoms with van der Waals surface area (Å²) in [4.78, 5) is 43.9. The molecular formula is C21H21N5O4. The molecule has 1 fully saturated rings. The minimum atomic E-state index is -0.564. The van der Waals surface area contributed by atoms with E-state index < -0.39 is 16.5 Å². The zero-order chi connectivity index (χ0) is 21.1. The largest absolute Gasteiger partial charge is 0.368 e. The Kier molecular flexibility index (Phi) is 5.42. The Balaban J connectivity index is 1.46. The first-order valence-electron chi connectivity index (χ1n) is 9.78. The van der Waals surface area contributed by atoms with Gasteiger partial charge in [0.05, 0.1) is 22.2 Å². The first-order chi connectivity index (χ1) is 14.5.